The van der Waals surface area contributed by atoms with Gasteiger partial charge in [0.15, 0.2) is 5.76 Å². The van der Waals surface area contributed by atoms with Crippen molar-refractivity contribution in [3.8, 4) is 11.7 Å². The number of rotatable bonds is 6. The van der Waals surface area contributed by atoms with Gasteiger partial charge in [0.1, 0.15) is 0 Å². The molecule has 6 nitrogen and oxygen atoms in total. The average molecular weight is 408 g/mol. The third-order valence-electron chi connectivity index (χ3n) is 3.25. The molecule has 124 valence electrons. The molecule has 0 radical (unpaired) electrons. The lowest BCUT2D eigenvalue weighted by Crippen LogP contribution is -2.27. The van der Waals surface area contributed by atoms with Crippen molar-refractivity contribution in [1.82, 2.24) is 15.1 Å². The molecule has 0 aliphatic carbocycles. The van der Waals surface area contributed by atoms with Crippen molar-refractivity contribution >= 4 is 33.6 Å². The first-order valence-electron chi connectivity index (χ1n) is 7.11. The lowest BCUT2D eigenvalue weighted by molar-refractivity contribution is -0.127. The van der Waals surface area contributed by atoms with E-state index in [2.05, 4.69) is 26.1 Å². The van der Waals surface area contributed by atoms with Crippen LogP contribution in [0.15, 0.2) is 61.2 Å². The lowest BCUT2D eigenvalue weighted by Gasteiger charge is -2.17. The number of thioether (sulfide) groups is 1. The van der Waals surface area contributed by atoms with Crippen molar-refractivity contribution in [2.45, 2.75) is 11.8 Å². The van der Waals surface area contributed by atoms with Crippen molar-refractivity contribution < 1.29 is 13.6 Å². The number of nitrogens with zero attached hydrogens (tertiary/aromatic N) is 3. The Balaban J connectivity index is 1.54. The van der Waals surface area contributed by atoms with E-state index in [9.17, 15) is 4.79 Å². The van der Waals surface area contributed by atoms with Crippen LogP contribution in [-0.4, -0.2) is 33.8 Å². The van der Waals surface area contributed by atoms with Crippen LogP contribution in [0.1, 0.15) is 5.56 Å². The molecule has 8 heteroatoms. The molecule has 1 amide bonds. The highest BCUT2D eigenvalue weighted by atomic mass is 79.9. The number of benzene rings is 1. The fraction of sp³-hybridized carbons (Fsp3) is 0.188. The number of furan rings is 1. The quantitative estimate of drug-likeness (QED) is 0.577. The highest BCUT2D eigenvalue weighted by molar-refractivity contribution is 9.10. The van der Waals surface area contributed by atoms with Crippen LogP contribution < -0.4 is 0 Å². The molecule has 2 heterocycles. The summed E-state index contributed by atoms with van der Waals surface area (Å²) < 4.78 is 11.6. The van der Waals surface area contributed by atoms with Gasteiger partial charge in [-0.2, -0.15) is 0 Å². The summed E-state index contributed by atoms with van der Waals surface area (Å²) in [7, 11) is 1.77. The number of carbonyl (C=O) groups is 1. The van der Waals surface area contributed by atoms with E-state index >= 15 is 0 Å². The zero-order chi connectivity index (χ0) is 16.9. The fourth-order valence-electron chi connectivity index (χ4n) is 1.97. The maximum Gasteiger partial charge on any atom is 0.284 e. The molecule has 24 heavy (non-hydrogen) atoms. The molecular weight excluding hydrogens is 394 g/mol. The molecule has 0 aliphatic heterocycles. The van der Waals surface area contributed by atoms with Gasteiger partial charge >= 0.3 is 0 Å². The summed E-state index contributed by atoms with van der Waals surface area (Å²) in [6.45, 7) is 0.530. The molecule has 0 saturated carbocycles. The van der Waals surface area contributed by atoms with Crippen molar-refractivity contribution in [3.63, 3.8) is 0 Å². The predicted molar refractivity (Wildman–Crippen MR) is 93.3 cm³/mol. The van der Waals surface area contributed by atoms with Crippen LogP contribution in [0.25, 0.3) is 11.7 Å². The topological polar surface area (TPSA) is 72.4 Å². The zero-order valence-electron chi connectivity index (χ0n) is 12.8. The van der Waals surface area contributed by atoms with Gasteiger partial charge in [-0.05, 0) is 23.8 Å². The summed E-state index contributed by atoms with van der Waals surface area (Å²) >= 11 is 4.69. The van der Waals surface area contributed by atoms with Crippen LogP contribution in [0.2, 0.25) is 0 Å². The molecule has 0 aliphatic rings. The average Bonchev–Trinajstić information content (AvgIpc) is 3.25. The number of aromatic nitrogens is 2. The van der Waals surface area contributed by atoms with E-state index < -0.39 is 0 Å². The number of carbonyl (C=O) groups excluding carboxylic acids is 1. The smallest absolute Gasteiger partial charge is 0.284 e. The molecule has 0 N–H and O–H groups in total. The minimum Gasteiger partial charge on any atom is -0.459 e. The third kappa shape index (κ3) is 4.07. The third-order valence-corrected chi connectivity index (χ3v) is 4.83. The molecule has 0 fully saturated rings. The minimum atomic E-state index is -0.0199. The van der Waals surface area contributed by atoms with Gasteiger partial charge in [-0.1, -0.05) is 45.9 Å². The normalized spacial score (nSPS) is 10.8. The van der Waals surface area contributed by atoms with Gasteiger partial charge < -0.3 is 13.7 Å². The predicted octanol–water partition coefficient (Wildman–Crippen LogP) is 3.84. The molecular formula is C16H14BrN3O3S. The van der Waals surface area contributed by atoms with E-state index in [1.165, 1.54) is 18.0 Å². The fourth-order valence-corrected chi connectivity index (χ4v) is 3.09. The summed E-state index contributed by atoms with van der Waals surface area (Å²) in [5.41, 5.74) is 1.05. The highest BCUT2D eigenvalue weighted by Gasteiger charge is 2.15. The van der Waals surface area contributed by atoms with E-state index in [1.807, 2.05) is 24.3 Å². The standard InChI is InChI=1S/C16H14BrN3O3S/c1-20(9-11-5-2-3-6-12(11)17)14(21)10-24-16-19-18-15(23-16)13-7-4-8-22-13/h2-8H,9-10H2,1H3. The summed E-state index contributed by atoms with van der Waals surface area (Å²) in [5, 5.41) is 8.15. The lowest BCUT2D eigenvalue weighted by atomic mass is 10.2. The van der Waals surface area contributed by atoms with Crippen LogP contribution in [0.5, 0.6) is 0 Å². The second kappa shape index (κ2) is 7.67. The van der Waals surface area contributed by atoms with E-state index in [0.29, 0.717) is 23.4 Å². The van der Waals surface area contributed by atoms with E-state index in [0.717, 1.165) is 10.0 Å². The number of hydrogen-bond acceptors (Lipinski definition) is 6. The first kappa shape index (κ1) is 16.8. The Kier molecular flexibility index (Phi) is 5.37. The van der Waals surface area contributed by atoms with Gasteiger partial charge in [0.05, 0.1) is 12.0 Å². The van der Waals surface area contributed by atoms with Crippen LogP contribution >= 0.6 is 27.7 Å². The van der Waals surface area contributed by atoms with E-state index in [-0.39, 0.29) is 11.7 Å². The molecule has 0 saturated heterocycles. The Morgan fingerprint density at radius 1 is 1.25 bits per heavy atom. The Labute approximate surface area is 151 Å². The molecule has 3 aromatic rings. The summed E-state index contributed by atoms with van der Waals surface area (Å²) in [4.78, 5) is 13.9. The van der Waals surface area contributed by atoms with Gasteiger partial charge in [-0.3, -0.25) is 4.79 Å². The SMILES string of the molecule is CN(Cc1ccccc1Br)C(=O)CSc1nnc(-c2ccco2)o1. The molecule has 0 spiro atoms. The van der Waals surface area contributed by atoms with Crippen LogP contribution in [-0.2, 0) is 11.3 Å². The summed E-state index contributed by atoms with van der Waals surface area (Å²) in [6, 6.07) is 11.3. The Morgan fingerprint density at radius 3 is 2.83 bits per heavy atom. The van der Waals surface area contributed by atoms with Gasteiger partial charge in [-0.15, -0.1) is 10.2 Å². The first-order valence-corrected chi connectivity index (χ1v) is 8.89. The molecule has 0 atom stereocenters. The Morgan fingerprint density at radius 2 is 2.08 bits per heavy atom. The van der Waals surface area contributed by atoms with Gasteiger partial charge in [-0.25, -0.2) is 0 Å². The number of hydrogen-bond donors (Lipinski definition) is 0. The summed E-state index contributed by atoms with van der Waals surface area (Å²) in [6.07, 6.45) is 1.53. The van der Waals surface area contributed by atoms with Crippen LogP contribution in [0.3, 0.4) is 0 Å². The monoisotopic (exact) mass is 407 g/mol. The van der Waals surface area contributed by atoms with Crippen molar-refractivity contribution in [1.29, 1.82) is 0 Å². The largest absolute Gasteiger partial charge is 0.459 e. The second-order valence-corrected chi connectivity index (χ2v) is 6.76. The van der Waals surface area contributed by atoms with Crippen molar-refractivity contribution in [2.75, 3.05) is 12.8 Å². The number of amides is 1. The maximum absolute atomic E-state index is 12.2. The van der Waals surface area contributed by atoms with Gasteiger partial charge in [0, 0.05) is 18.1 Å². The highest BCUT2D eigenvalue weighted by Crippen LogP contribution is 2.24. The van der Waals surface area contributed by atoms with E-state index in [4.69, 9.17) is 8.83 Å². The first-order chi connectivity index (χ1) is 11.6. The molecule has 1 aromatic carbocycles. The van der Waals surface area contributed by atoms with Crippen molar-refractivity contribution in [2.24, 2.45) is 0 Å². The van der Waals surface area contributed by atoms with Crippen LogP contribution in [0, 0.1) is 0 Å². The molecule has 2 aromatic heterocycles. The minimum absolute atomic E-state index is 0.0199. The zero-order valence-corrected chi connectivity index (χ0v) is 15.2. The van der Waals surface area contributed by atoms with Crippen LogP contribution in [0.4, 0.5) is 0 Å². The molecule has 0 bridgehead atoms. The van der Waals surface area contributed by atoms with E-state index in [1.54, 1.807) is 24.1 Å². The second-order valence-electron chi connectivity index (χ2n) is 4.98. The van der Waals surface area contributed by atoms with Crippen molar-refractivity contribution in [3.05, 3.63) is 52.7 Å². The number of halogens is 1. The Hall–Kier alpha value is -2.06. The molecule has 0 unspecified atom stereocenters. The van der Waals surface area contributed by atoms with Gasteiger partial charge in [0.2, 0.25) is 5.91 Å². The summed E-state index contributed by atoms with van der Waals surface area (Å²) in [5.74, 6) is 1.01. The Bertz CT molecular complexity index is 820. The molecule has 3 rings (SSSR count). The maximum atomic E-state index is 12.2. The van der Waals surface area contributed by atoms with Gasteiger partial charge in [0.25, 0.3) is 11.1 Å².